The van der Waals surface area contributed by atoms with E-state index in [1.165, 1.54) is 56.6 Å². The Kier molecular flexibility index (Phi) is 5.21. The number of nitrogens with one attached hydrogen (secondary N) is 1. The Hall–Kier alpha value is -0.860. The maximum atomic E-state index is 3.31. The fourth-order valence-electron chi connectivity index (χ4n) is 2.98. The number of nitrogens with zero attached hydrogens (tertiary/aromatic N) is 1. The van der Waals surface area contributed by atoms with Crippen LogP contribution in [-0.4, -0.2) is 38.1 Å². The summed E-state index contributed by atoms with van der Waals surface area (Å²) in [7, 11) is 2.06. The predicted octanol–water partition coefficient (Wildman–Crippen LogP) is 2.47. The number of hydrogen-bond acceptors (Lipinski definition) is 2. The lowest BCUT2D eigenvalue weighted by Gasteiger charge is -2.32. The number of aryl methyl sites for hydroxylation is 1. The summed E-state index contributed by atoms with van der Waals surface area (Å²) in [6.07, 6.45) is 3.95. The van der Waals surface area contributed by atoms with Crippen LogP contribution in [0.25, 0.3) is 0 Å². The Morgan fingerprint density at radius 3 is 2.94 bits per heavy atom. The van der Waals surface area contributed by atoms with Gasteiger partial charge < -0.3 is 10.2 Å². The first kappa shape index (κ1) is 13.6. The Morgan fingerprint density at radius 1 is 1.33 bits per heavy atom. The molecule has 1 atom stereocenters. The number of hydrogen-bond donors (Lipinski definition) is 1. The molecule has 1 aliphatic heterocycles. The van der Waals surface area contributed by atoms with Crippen LogP contribution < -0.4 is 5.32 Å². The smallest absolute Gasteiger partial charge is 0.00220 e. The topological polar surface area (TPSA) is 15.3 Å². The summed E-state index contributed by atoms with van der Waals surface area (Å²) in [6.45, 7) is 7.15. The van der Waals surface area contributed by atoms with Crippen molar-refractivity contribution in [3.05, 3.63) is 35.4 Å². The lowest BCUT2D eigenvalue weighted by Crippen LogP contribution is -2.40. The molecule has 1 aromatic rings. The number of piperidine rings is 1. The van der Waals surface area contributed by atoms with E-state index in [1.807, 2.05) is 0 Å². The second kappa shape index (κ2) is 6.91. The molecule has 1 aromatic carbocycles. The predicted molar refractivity (Wildman–Crippen MR) is 78.0 cm³/mol. The molecule has 1 N–H and O–H groups in total. The van der Waals surface area contributed by atoms with Crippen molar-refractivity contribution in [2.75, 3.05) is 33.2 Å². The minimum atomic E-state index is 0.848. The van der Waals surface area contributed by atoms with Gasteiger partial charge in [0.25, 0.3) is 0 Å². The van der Waals surface area contributed by atoms with E-state index in [1.54, 1.807) is 0 Å². The lowest BCUT2D eigenvalue weighted by atomic mass is 9.97. The molecule has 2 rings (SSSR count). The average molecular weight is 246 g/mol. The molecule has 1 aliphatic rings. The van der Waals surface area contributed by atoms with Crippen LogP contribution >= 0.6 is 0 Å². The van der Waals surface area contributed by atoms with Gasteiger partial charge in [-0.2, -0.15) is 0 Å². The molecule has 1 saturated heterocycles. The molecule has 0 bridgehead atoms. The fraction of sp³-hybridized carbons (Fsp3) is 0.625. The monoisotopic (exact) mass is 246 g/mol. The lowest BCUT2D eigenvalue weighted by molar-refractivity contribution is 0.175. The first-order valence-electron chi connectivity index (χ1n) is 7.21. The van der Waals surface area contributed by atoms with Crippen molar-refractivity contribution < 1.29 is 0 Å². The second-order valence-corrected chi connectivity index (χ2v) is 5.54. The molecule has 0 spiro atoms. The van der Waals surface area contributed by atoms with Gasteiger partial charge in [0.2, 0.25) is 0 Å². The third-order valence-corrected chi connectivity index (χ3v) is 4.05. The van der Waals surface area contributed by atoms with Crippen molar-refractivity contribution >= 4 is 0 Å². The van der Waals surface area contributed by atoms with E-state index >= 15 is 0 Å². The summed E-state index contributed by atoms with van der Waals surface area (Å²) >= 11 is 0. The highest BCUT2D eigenvalue weighted by atomic mass is 15.1. The van der Waals surface area contributed by atoms with Gasteiger partial charge in [0.15, 0.2) is 0 Å². The zero-order valence-electron chi connectivity index (χ0n) is 11.8. The maximum absolute atomic E-state index is 3.31. The van der Waals surface area contributed by atoms with E-state index in [-0.39, 0.29) is 0 Å². The molecule has 1 heterocycles. The SMILES string of the molecule is CNCC1CCCN(CCc2ccccc2C)C1. The van der Waals surface area contributed by atoms with Crippen LogP contribution in [0.4, 0.5) is 0 Å². The summed E-state index contributed by atoms with van der Waals surface area (Å²) < 4.78 is 0. The zero-order chi connectivity index (χ0) is 12.8. The molecule has 100 valence electrons. The molecule has 2 nitrogen and oxygen atoms in total. The molecular weight excluding hydrogens is 220 g/mol. The largest absolute Gasteiger partial charge is 0.319 e. The van der Waals surface area contributed by atoms with Gasteiger partial charge in [0, 0.05) is 13.1 Å². The number of rotatable bonds is 5. The molecule has 0 radical (unpaired) electrons. The van der Waals surface area contributed by atoms with E-state index in [0.717, 1.165) is 5.92 Å². The Bertz CT molecular complexity index is 360. The fourth-order valence-corrected chi connectivity index (χ4v) is 2.98. The van der Waals surface area contributed by atoms with Crippen LogP contribution in [0.2, 0.25) is 0 Å². The zero-order valence-corrected chi connectivity index (χ0v) is 11.8. The van der Waals surface area contributed by atoms with Gasteiger partial charge in [-0.15, -0.1) is 0 Å². The highest BCUT2D eigenvalue weighted by molar-refractivity contribution is 5.25. The summed E-state index contributed by atoms with van der Waals surface area (Å²) in [5, 5.41) is 3.31. The minimum Gasteiger partial charge on any atom is -0.319 e. The van der Waals surface area contributed by atoms with Gasteiger partial charge in [-0.25, -0.2) is 0 Å². The van der Waals surface area contributed by atoms with E-state index in [4.69, 9.17) is 0 Å². The first-order valence-corrected chi connectivity index (χ1v) is 7.21. The van der Waals surface area contributed by atoms with E-state index in [2.05, 4.69) is 48.5 Å². The Balaban J connectivity index is 1.81. The van der Waals surface area contributed by atoms with Gasteiger partial charge in [0.1, 0.15) is 0 Å². The van der Waals surface area contributed by atoms with Crippen molar-refractivity contribution in [2.45, 2.75) is 26.2 Å². The Labute approximate surface area is 111 Å². The van der Waals surface area contributed by atoms with Gasteiger partial charge >= 0.3 is 0 Å². The van der Waals surface area contributed by atoms with Crippen LogP contribution in [0.5, 0.6) is 0 Å². The van der Waals surface area contributed by atoms with Crippen molar-refractivity contribution in [2.24, 2.45) is 5.92 Å². The van der Waals surface area contributed by atoms with Gasteiger partial charge in [0.05, 0.1) is 0 Å². The molecule has 0 saturated carbocycles. The van der Waals surface area contributed by atoms with Crippen molar-refractivity contribution in [1.82, 2.24) is 10.2 Å². The normalized spacial score (nSPS) is 21.1. The van der Waals surface area contributed by atoms with Crippen molar-refractivity contribution in [1.29, 1.82) is 0 Å². The molecule has 0 amide bonds. The number of likely N-dealkylation sites (tertiary alicyclic amines) is 1. The molecule has 1 unspecified atom stereocenters. The minimum absolute atomic E-state index is 0.848. The van der Waals surface area contributed by atoms with Gasteiger partial charge in [-0.05, 0) is 63.4 Å². The van der Waals surface area contributed by atoms with E-state index < -0.39 is 0 Å². The molecule has 2 heteroatoms. The summed E-state index contributed by atoms with van der Waals surface area (Å²) in [5.74, 6) is 0.848. The Morgan fingerprint density at radius 2 is 2.17 bits per heavy atom. The standard InChI is InChI=1S/C16H26N2/c1-14-6-3-4-8-16(14)9-11-18-10-5-7-15(13-18)12-17-2/h3-4,6,8,15,17H,5,7,9-13H2,1-2H3. The summed E-state index contributed by atoms with van der Waals surface area (Å²) in [4.78, 5) is 2.64. The second-order valence-electron chi connectivity index (χ2n) is 5.54. The maximum Gasteiger partial charge on any atom is 0.00220 e. The van der Waals surface area contributed by atoms with Crippen LogP contribution in [0.15, 0.2) is 24.3 Å². The van der Waals surface area contributed by atoms with Gasteiger partial charge in [-0.3, -0.25) is 0 Å². The molecule has 18 heavy (non-hydrogen) atoms. The van der Waals surface area contributed by atoms with E-state index in [9.17, 15) is 0 Å². The van der Waals surface area contributed by atoms with Crippen molar-refractivity contribution in [3.63, 3.8) is 0 Å². The highest BCUT2D eigenvalue weighted by Crippen LogP contribution is 2.16. The van der Waals surface area contributed by atoms with E-state index in [0.29, 0.717) is 0 Å². The van der Waals surface area contributed by atoms with Crippen LogP contribution in [0.1, 0.15) is 24.0 Å². The molecule has 1 fully saturated rings. The van der Waals surface area contributed by atoms with Crippen LogP contribution in [-0.2, 0) is 6.42 Å². The molecule has 0 aromatic heterocycles. The third kappa shape index (κ3) is 3.82. The third-order valence-electron chi connectivity index (χ3n) is 4.05. The highest BCUT2D eigenvalue weighted by Gasteiger charge is 2.18. The molecular formula is C16H26N2. The summed E-state index contributed by atoms with van der Waals surface area (Å²) in [5.41, 5.74) is 2.94. The van der Waals surface area contributed by atoms with Crippen LogP contribution in [0.3, 0.4) is 0 Å². The van der Waals surface area contributed by atoms with Crippen molar-refractivity contribution in [3.8, 4) is 0 Å². The quantitative estimate of drug-likeness (QED) is 0.858. The summed E-state index contributed by atoms with van der Waals surface area (Å²) in [6, 6.07) is 8.77. The van der Waals surface area contributed by atoms with Crippen LogP contribution in [0, 0.1) is 12.8 Å². The average Bonchev–Trinajstić information content (AvgIpc) is 2.39. The molecule has 0 aliphatic carbocycles. The number of benzene rings is 1. The van der Waals surface area contributed by atoms with Gasteiger partial charge in [-0.1, -0.05) is 24.3 Å². The first-order chi connectivity index (χ1) is 8.79.